The standard InChI is InChI=1S/C23H33N5O6/c1-22(2,3)33-19(30)13-28(14-20(31)34-23(4,5)6)12-17-8-7-16(11-18(17)32-10-9-29)21-26-24-15-25-27-21/h7-8,11,15,29H,9-10,12-14H2,1-6H3. The van der Waals surface area contributed by atoms with Gasteiger partial charge in [-0.25, -0.2) is 0 Å². The van der Waals surface area contributed by atoms with Gasteiger partial charge in [-0.15, -0.1) is 20.4 Å². The van der Waals surface area contributed by atoms with E-state index in [4.69, 9.17) is 14.2 Å². The van der Waals surface area contributed by atoms with Gasteiger partial charge < -0.3 is 19.3 Å². The maximum atomic E-state index is 12.5. The van der Waals surface area contributed by atoms with Gasteiger partial charge in [-0.2, -0.15) is 0 Å². The van der Waals surface area contributed by atoms with Crippen LogP contribution in [-0.4, -0.2) is 79.8 Å². The summed E-state index contributed by atoms with van der Waals surface area (Å²) in [5.74, 6) is -0.194. The van der Waals surface area contributed by atoms with Gasteiger partial charge in [0.25, 0.3) is 0 Å². The Kier molecular flexibility index (Phi) is 9.39. The third-order valence-electron chi connectivity index (χ3n) is 4.02. The fourth-order valence-corrected chi connectivity index (χ4v) is 2.96. The molecule has 0 bridgehead atoms. The van der Waals surface area contributed by atoms with Crippen molar-refractivity contribution in [3.05, 3.63) is 30.1 Å². The summed E-state index contributed by atoms with van der Waals surface area (Å²) in [6, 6.07) is 5.23. The van der Waals surface area contributed by atoms with Crippen molar-refractivity contribution in [3.8, 4) is 17.1 Å². The molecule has 0 saturated carbocycles. The van der Waals surface area contributed by atoms with Crippen LogP contribution in [0.3, 0.4) is 0 Å². The van der Waals surface area contributed by atoms with Crippen molar-refractivity contribution in [2.45, 2.75) is 59.3 Å². The van der Waals surface area contributed by atoms with Gasteiger partial charge in [0.1, 0.15) is 23.6 Å². The Hall–Kier alpha value is -3.18. The lowest BCUT2D eigenvalue weighted by Gasteiger charge is -2.27. The summed E-state index contributed by atoms with van der Waals surface area (Å²) in [7, 11) is 0. The first-order valence-corrected chi connectivity index (χ1v) is 10.9. The summed E-state index contributed by atoms with van der Waals surface area (Å²) in [6.07, 6.45) is 1.23. The molecule has 2 rings (SSSR count). The molecular formula is C23H33N5O6. The zero-order valence-electron chi connectivity index (χ0n) is 20.6. The summed E-state index contributed by atoms with van der Waals surface area (Å²) >= 11 is 0. The quantitative estimate of drug-likeness (QED) is 0.503. The van der Waals surface area contributed by atoms with Crippen LogP contribution < -0.4 is 4.74 Å². The van der Waals surface area contributed by atoms with Crippen molar-refractivity contribution in [3.63, 3.8) is 0 Å². The van der Waals surface area contributed by atoms with E-state index >= 15 is 0 Å². The molecule has 0 amide bonds. The highest BCUT2D eigenvalue weighted by Crippen LogP contribution is 2.26. The number of nitrogens with zero attached hydrogens (tertiary/aromatic N) is 5. The number of carbonyl (C=O) groups excluding carboxylic acids is 2. The van der Waals surface area contributed by atoms with Crippen LogP contribution in [0.2, 0.25) is 0 Å². The van der Waals surface area contributed by atoms with E-state index in [9.17, 15) is 14.7 Å². The summed E-state index contributed by atoms with van der Waals surface area (Å²) in [5, 5.41) is 24.6. The van der Waals surface area contributed by atoms with Crippen LogP contribution in [-0.2, 0) is 25.6 Å². The minimum atomic E-state index is -0.663. The first-order chi connectivity index (χ1) is 15.9. The number of aliphatic hydroxyl groups is 1. The molecule has 0 spiro atoms. The average Bonchev–Trinajstić information content (AvgIpc) is 2.70. The molecule has 0 radical (unpaired) electrons. The molecule has 1 aromatic carbocycles. The predicted molar refractivity (Wildman–Crippen MR) is 123 cm³/mol. The first kappa shape index (κ1) is 27.1. The van der Waals surface area contributed by atoms with E-state index in [1.54, 1.807) is 64.6 Å². The molecule has 0 saturated heterocycles. The Balaban J connectivity index is 2.30. The second-order valence-electron chi connectivity index (χ2n) is 9.58. The second kappa shape index (κ2) is 11.8. The van der Waals surface area contributed by atoms with Crippen LogP contribution in [0.5, 0.6) is 5.75 Å². The van der Waals surface area contributed by atoms with E-state index in [0.29, 0.717) is 22.7 Å². The van der Waals surface area contributed by atoms with Crippen LogP contribution in [0, 0.1) is 0 Å². The first-order valence-electron chi connectivity index (χ1n) is 10.9. The highest BCUT2D eigenvalue weighted by molar-refractivity contribution is 5.75. The van der Waals surface area contributed by atoms with E-state index in [1.165, 1.54) is 6.33 Å². The molecule has 0 unspecified atom stereocenters. The average molecular weight is 476 g/mol. The van der Waals surface area contributed by atoms with Gasteiger partial charge in [0.15, 0.2) is 6.33 Å². The topological polar surface area (TPSA) is 137 Å². The van der Waals surface area contributed by atoms with Crippen molar-refractivity contribution in [1.82, 2.24) is 25.3 Å². The van der Waals surface area contributed by atoms with Gasteiger partial charge in [-0.3, -0.25) is 14.5 Å². The Labute approximate surface area is 199 Å². The van der Waals surface area contributed by atoms with Crippen LogP contribution >= 0.6 is 0 Å². The van der Waals surface area contributed by atoms with E-state index in [-0.39, 0.29) is 32.8 Å². The number of hydrogen-bond donors (Lipinski definition) is 1. The molecule has 11 heteroatoms. The monoisotopic (exact) mass is 475 g/mol. The number of carbonyl (C=O) groups is 2. The molecule has 0 aliphatic carbocycles. The summed E-state index contributed by atoms with van der Waals surface area (Å²) in [5.41, 5.74) is -0.0308. The summed E-state index contributed by atoms with van der Waals surface area (Å²) < 4.78 is 16.6. The number of rotatable bonds is 10. The number of hydrogen-bond acceptors (Lipinski definition) is 11. The second-order valence-corrected chi connectivity index (χ2v) is 9.58. The largest absolute Gasteiger partial charge is 0.491 e. The highest BCUT2D eigenvalue weighted by Gasteiger charge is 2.24. The van der Waals surface area contributed by atoms with E-state index in [2.05, 4.69) is 20.4 Å². The molecule has 2 aromatic rings. The van der Waals surface area contributed by atoms with Gasteiger partial charge in [0.2, 0.25) is 5.82 Å². The zero-order valence-corrected chi connectivity index (χ0v) is 20.6. The Morgan fingerprint density at radius 2 is 1.50 bits per heavy atom. The maximum Gasteiger partial charge on any atom is 0.320 e. The fraction of sp³-hybridized carbons (Fsp3) is 0.565. The molecule has 34 heavy (non-hydrogen) atoms. The van der Waals surface area contributed by atoms with Gasteiger partial charge in [-0.1, -0.05) is 12.1 Å². The number of esters is 2. The Morgan fingerprint density at radius 3 is 2.00 bits per heavy atom. The lowest BCUT2D eigenvalue weighted by Crippen LogP contribution is -2.39. The number of ether oxygens (including phenoxy) is 3. The minimum Gasteiger partial charge on any atom is -0.491 e. The normalized spacial score (nSPS) is 11.9. The summed E-state index contributed by atoms with van der Waals surface area (Å²) in [4.78, 5) is 26.6. The van der Waals surface area contributed by atoms with Crippen LogP contribution in [0.4, 0.5) is 0 Å². The van der Waals surface area contributed by atoms with Crippen molar-refractivity contribution < 1.29 is 28.9 Å². The van der Waals surface area contributed by atoms with Crippen molar-refractivity contribution >= 4 is 11.9 Å². The molecule has 0 fully saturated rings. The van der Waals surface area contributed by atoms with Gasteiger partial charge >= 0.3 is 11.9 Å². The molecule has 0 aliphatic heterocycles. The smallest absolute Gasteiger partial charge is 0.320 e. The van der Waals surface area contributed by atoms with E-state index in [1.807, 2.05) is 0 Å². The number of aromatic nitrogens is 4. The predicted octanol–water partition coefficient (Wildman–Crippen LogP) is 1.79. The van der Waals surface area contributed by atoms with Crippen molar-refractivity contribution in [1.29, 1.82) is 0 Å². The molecule has 1 heterocycles. The minimum absolute atomic E-state index is 0.0563. The van der Waals surface area contributed by atoms with Crippen molar-refractivity contribution in [2.75, 3.05) is 26.3 Å². The third kappa shape index (κ3) is 9.75. The maximum absolute atomic E-state index is 12.5. The summed E-state index contributed by atoms with van der Waals surface area (Å²) in [6.45, 7) is 10.4. The number of benzene rings is 1. The van der Waals surface area contributed by atoms with Crippen LogP contribution in [0.15, 0.2) is 24.5 Å². The molecule has 11 nitrogen and oxygen atoms in total. The lowest BCUT2D eigenvalue weighted by atomic mass is 10.1. The van der Waals surface area contributed by atoms with Gasteiger partial charge in [0.05, 0.1) is 19.7 Å². The van der Waals surface area contributed by atoms with Crippen LogP contribution in [0.25, 0.3) is 11.4 Å². The fourth-order valence-electron chi connectivity index (χ4n) is 2.96. The van der Waals surface area contributed by atoms with E-state index < -0.39 is 23.1 Å². The van der Waals surface area contributed by atoms with Crippen molar-refractivity contribution in [2.24, 2.45) is 0 Å². The Morgan fingerprint density at radius 1 is 0.941 bits per heavy atom. The SMILES string of the molecule is CC(C)(C)OC(=O)CN(CC(=O)OC(C)(C)C)Cc1ccc(-c2nncnn2)cc1OCCO. The van der Waals surface area contributed by atoms with E-state index in [0.717, 1.165) is 0 Å². The van der Waals surface area contributed by atoms with Crippen LogP contribution in [0.1, 0.15) is 47.1 Å². The molecule has 1 aromatic heterocycles. The molecule has 0 aliphatic rings. The van der Waals surface area contributed by atoms with Gasteiger partial charge in [-0.05, 0) is 47.6 Å². The van der Waals surface area contributed by atoms with Gasteiger partial charge in [0, 0.05) is 17.7 Å². The third-order valence-corrected chi connectivity index (χ3v) is 4.02. The highest BCUT2D eigenvalue weighted by atomic mass is 16.6. The molecule has 0 atom stereocenters. The Bertz CT molecular complexity index is 927. The lowest BCUT2D eigenvalue weighted by molar-refractivity contribution is -0.160. The molecule has 1 N–H and O–H groups in total. The molecular weight excluding hydrogens is 442 g/mol. The molecule has 186 valence electrons. The number of aliphatic hydroxyl groups excluding tert-OH is 1. The zero-order chi connectivity index (χ0) is 25.4.